The van der Waals surface area contributed by atoms with Gasteiger partial charge in [-0.05, 0) is 12.1 Å². The van der Waals surface area contributed by atoms with Crippen molar-refractivity contribution in [3.8, 4) is 0 Å². The lowest BCUT2D eigenvalue weighted by Gasteiger charge is -2.23. The summed E-state index contributed by atoms with van der Waals surface area (Å²) in [6.07, 6.45) is 0. The zero-order valence-electron chi connectivity index (χ0n) is 13.0. The molecule has 1 aromatic heterocycles. The number of thioether (sulfide) groups is 1. The fourth-order valence-corrected chi connectivity index (χ4v) is 4.33. The van der Waals surface area contributed by atoms with Gasteiger partial charge in [0.2, 0.25) is 5.91 Å². The van der Waals surface area contributed by atoms with Crippen molar-refractivity contribution in [2.45, 2.75) is 31.6 Å². The third-order valence-electron chi connectivity index (χ3n) is 3.60. The number of nitrogens with zero attached hydrogens (tertiary/aromatic N) is 2. The number of anilines is 1. The maximum atomic E-state index is 12.4. The van der Waals surface area contributed by atoms with Gasteiger partial charge in [0.05, 0.1) is 5.75 Å². The largest absolute Gasteiger partial charge is 0.359 e. The summed E-state index contributed by atoms with van der Waals surface area (Å²) >= 11 is 14.1. The average molecular weight is 371 g/mol. The average Bonchev–Trinajstić information content (AvgIpc) is 3.05. The van der Waals surface area contributed by atoms with Crippen molar-refractivity contribution < 1.29 is 9.32 Å². The number of benzene rings is 1. The molecule has 0 bridgehead atoms. The molecule has 1 saturated heterocycles. The zero-order valence-corrected chi connectivity index (χ0v) is 15.3. The van der Waals surface area contributed by atoms with Gasteiger partial charge < -0.3 is 4.52 Å². The Labute approximate surface area is 149 Å². The monoisotopic (exact) mass is 370 g/mol. The molecule has 1 amide bonds. The molecule has 23 heavy (non-hydrogen) atoms. The molecule has 2 aromatic rings. The normalized spacial score (nSPS) is 18.7. The summed E-state index contributed by atoms with van der Waals surface area (Å²) in [6, 6.07) is 7.14. The predicted octanol–water partition coefficient (Wildman–Crippen LogP) is 5.06. The minimum atomic E-state index is -0.304. The fourth-order valence-electron chi connectivity index (χ4n) is 2.36. The number of amides is 1. The lowest BCUT2D eigenvalue weighted by Crippen LogP contribution is -2.28. The molecule has 0 saturated carbocycles. The second-order valence-electron chi connectivity index (χ2n) is 6.36. The molecule has 1 atom stereocenters. The third-order valence-corrected chi connectivity index (χ3v) is 5.43. The van der Waals surface area contributed by atoms with Crippen LogP contribution >= 0.6 is 35.0 Å². The Morgan fingerprint density at radius 2 is 1.96 bits per heavy atom. The summed E-state index contributed by atoms with van der Waals surface area (Å²) in [5.74, 6) is 1.53. The van der Waals surface area contributed by atoms with E-state index in [-0.39, 0.29) is 16.7 Å². The van der Waals surface area contributed by atoms with E-state index in [1.165, 1.54) is 11.8 Å². The SMILES string of the molecule is CC(C)(C)c1cc(N2C(=O)CSC2c2c(Cl)cccc2Cl)no1. The van der Waals surface area contributed by atoms with Crippen molar-refractivity contribution in [3.63, 3.8) is 0 Å². The summed E-state index contributed by atoms with van der Waals surface area (Å²) < 4.78 is 5.42. The minimum absolute atomic E-state index is 0.0373. The van der Waals surface area contributed by atoms with Crippen molar-refractivity contribution in [1.29, 1.82) is 0 Å². The topological polar surface area (TPSA) is 46.3 Å². The molecule has 1 aromatic carbocycles. The van der Waals surface area contributed by atoms with Crippen LogP contribution in [0.1, 0.15) is 37.5 Å². The molecule has 0 radical (unpaired) electrons. The standard InChI is InChI=1S/C16H16Cl2N2O2S/c1-16(2,3)11-7-12(19-22-11)20-13(21)8-23-15(20)14-9(17)5-4-6-10(14)18/h4-7,15H,8H2,1-3H3. The smallest absolute Gasteiger partial charge is 0.239 e. The van der Waals surface area contributed by atoms with Crippen LogP contribution in [-0.4, -0.2) is 16.8 Å². The molecule has 0 aliphatic carbocycles. The predicted molar refractivity (Wildman–Crippen MR) is 94.4 cm³/mol. The number of rotatable bonds is 2. The summed E-state index contributed by atoms with van der Waals surface area (Å²) in [4.78, 5) is 14.0. The Hall–Kier alpha value is -1.17. The number of aromatic nitrogens is 1. The van der Waals surface area contributed by atoms with E-state index < -0.39 is 0 Å². The highest BCUT2D eigenvalue weighted by atomic mass is 35.5. The molecule has 1 unspecified atom stereocenters. The Kier molecular flexibility index (Phi) is 4.38. The molecular weight excluding hydrogens is 355 g/mol. The van der Waals surface area contributed by atoms with Crippen LogP contribution in [0.25, 0.3) is 0 Å². The van der Waals surface area contributed by atoms with Crippen molar-refractivity contribution >= 4 is 46.7 Å². The van der Waals surface area contributed by atoms with Gasteiger partial charge in [-0.3, -0.25) is 9.69 Å². The van der Waals surface area contributed by atoms with Gasteiger partial charge in [-0.1, -0.05) is 55.2 Å². The van der Waals surface area contributed by atoms with Gasteiger partial charge in [-0.2, -0.15) is 0 Å². The Morgan fingerprint density at radius 3 is 2.52 bits per heavy atom. The Morgan fingerprint density at radius 1 is 1.30 bits per heavy atom. The third kappa shape index (κ3) is 3.10. The first-order chi connectivity index (χ1) is 10.8. The van der Waals surface area contributed by atoms with Gasteiger partial charge in [-0.25, -0.2) is 0 Å². The van der Waals surface area contributed by atoms with Crippen LogP contribution in [0.4, 0.5) is 5.82 Å². The number of hydrogen-bond donors (Lipinski definition) is 0. The van der Waals surface area contributed by atoms with E-state index in [1.807, 2.05) is 26.8 Å². The fraction of sp³-hybridized carbons (Fsp3) is 0.375. The molecule has 2 heterocycles. The number of hydrogen-bond acceptors (Lipinski definition) is 4. The quantitative estimate of drug-likeness (QED) is 0.741. The van der Waals surface area contributed by atoms with Crippen LogP contribution < -0.4 is 4.90 Å². The summed E-state index contributed by atoms with van der Waals surface area (Å²) in [5, 5.41) is 4.85. The second-order valence-corrected chi connectivity index (χ2v) is 8.24. The molecule has 3 rings (SSSR count). The van der Waals surface area contributed by atoms with Crippen LogP contribution in [-0.2, 0) is 10.2 Å². The molecule has 122 valence electrons. The van der Waals surface area contributed by atoms with Crippen LogP contribution in [0.5, 0.6) is 0 Å². The van der Waals surface area contributed by atoms with Crippen LogP contribution in [0.3, 0.4) is 0 Å². The van der Waals surface area contributed by atoms with E-state index in [0.717, 1.165) is 11.3 Å². The molecule has 7 heteroatoms. The van der Waals surface area contributed by atoms with Gasteiger partial charge >= 0.3 is 0 Å². The zero-order chi connectivity index (χ0) is 16.8. The summed E-state index contributed by atoms with van der Waals surface area (Å²) in [7, 11) is 0. The molecular formula is C16H16Cl2N2O2S. The van der Waals surface area contributed by atoms with Crippen molar-refractivity contribution in [3.05, 3.63) is 45.6 Å². The highest BCUT2D eigenvalue weighted by Gasteiger charge is 2.38. The molecule has 0 spiro atoms. The van der Waals surface area contributed by atoms with Gasteiger partial charge in [0.1, 0.15) is 11.1 Å². The molecule has 1 aliphatic rings. The lowest BCUT2D eigenvalue weighted by molar-refractivity contribution is -0.115. The molecule has 1 fully saturated rings. The van der Waals surface area contributed by atoms with Gasteiger partial charge in [0.15, 0.2) is 5.82 Å². The first-order valence-corrected chi connectivity index (χ1v) is 8.94. The minimum Gasteiger partial charge on any atom is -0.359 e. The maximum Gasteiger partial charge on any atom is 0.239 e. The van der Waals surface area contributed by atoms with E-state index in [1.54, 1.807) is 23.1 Å². The Balaban J connectivity index is 2.03. The van der Waals surface area contributed by atoms with Gasteiger partial charge in [0, 0.05) is 27.1 Å². The molecule has 1 aliphatic heterocycles. The summed E-state index contributed by atoms with van der Waals surface area (Å²) in [5.41, 5.74) is 0.547. The van der Waals surface area contributed by atoms with Crippen molar-refractivity contribution in [2.24, 2.45) is 0 Å². The van der Waals surface area contributed by atoms with E-state index in [0.29, 0.717) is 21.6 Å². The van der Waals surface area contributed by atoms with E-state index >= 15 is 0 Å². The highest BCUT2D eigenvalue weighted by molar-refractivity contribution is 8.00. The van der Waals surface area contributed by atoms with E-state index in [9.17, 15) is 4.79 Å². The first kappa shape index (κ1) is 16.7. The van der Waals surface area contributed by atoms with Crippen LogP contribution in [0.15, 0.2) is 28.8 Å². The van der Waals surface area contributed by atoms with Crippen LogP contribution in [0.2, 0.25) is 10.0 Å². The summed E-state index contributed by atoms with van der Waals surface area (Å²) in [6.45, 7) is 6.08. The first-order valence-electron chi connectivity index (χ1n) is 7.14. The van der Waals surface area contributed by atoms with Crippen molar-refractivity contribution in [1.82, 2.24) is 5.16 Å². The molecule has 4 nitrogen and oxygen atoms in total. The van der Waals surface area contributed by atoms with Gasteiger partial charge in [-0.15, -0.1) is 11.8 Å². The maximum absolute atomic E-state index is 12.4. The number of halogens is 2. The Bertz CT molecular complexity index is 735. The second kappa shape index (κ2) is 6.04. The molecule has 0 N–H and O–H groups in total. The van der Waals surface area contributed by atoms with Gasteiger partial charge in [0.25, 0.3) is 0 Å². The highest BCUT2D eigenvalue weighted by Crippen LogP contribution is 2.46. The van der Waals surface area contributed by atoms with E-state index in [4.69, 9.17) is 27.7 Å². The van der Waals surface area contributed by atoms with Crippen molar-refractivity contribution in [2.75, 3.05) is 10.7 Å². The van der Waals surface area contributed by atoms with Crippen LogP contribution in [0, 0.1) is 0 Å². The van der Waals surface area contributed by atoms with E-state index in [2.05, 4.69) is 5.16 Å². The number of carbonyl (C=O) groups excluding carboxylic acids is 1. The number of carbonyl (C=O) groups is 1. The lowest BCUT2D eigenvalue weighted by atomic mass is 9.93.